The standard InChI is InChI=1S/C14H21FN2/c1-14(2,3)17-8-10-4-5-13(10)11-6-12(15)9-16-7-11/h6-7,9-10,13,17H,4-5,8H2,1-3H3. The molecule has 1 fully saturated rings. The molecule has 1 aliphatic rings. The van der Waals surface area contributed by atoms with Crippen molar-refractivity contribution in [1.82, 2.24) is 10.3 Å². The maximum absolute atomic E-state index is 13.1. The Labute approximate surface area is 103 Å². The van der Waals surface area contributed by atoms with Gasteiger partial charge in [0.15, 0.2) is 0 Å². The first-order valence-corrected chi connectivity index (χ1v) is 6.31. The van der Waals surface area contributed by atoms with Crippen molar-refractivity contribution in [2.45, 2.75) is 45.1 Å². The molecule has 2 rings (SSSR count). The molecular formula is C14H21FN2. The second-order valence-electron chi connectivity index (χ2n) is 6.01. The number of rotatable bonds is 3. The average Bonchev–Trinajstić information content (AvgIpc) is 2.14. The van der Waals surface area contributed by atoms with Gasteiger partial charge in [0, 0.05) is 11.7 Å². The molecule has 0 saturated heterocycles. The van der Waals surface area contributed by atoms with Crippen molar-refractivity contribution in [1.29, 1.82) is 0 Å². The summed E-state index contributed by atoms with van der Waals surface area (Å²) in [5.41, 5.74) is 1.21. The van der Waals surface area contributed by atoms with Crippen LogP contribution < -0.4 is 5.32 Å². The van der Waals surface area contributed by atoms with Crippen molar-refractivity contribution in [3.05, 3.63) is 29.8 Å². The van der Waals surface area contributed by atoms with E-state index in [4.69, 9.17) is 0 Å². The van der Waals surface area contributed by atoms with E-state index < -0.39 is 0 Å². The minimum absolute atomic E-state index is 0.153. The summed E-state index contributed by atoms with van der Waals surface area (Å²) in [5.74, 6) is 0.878. The van der Waals surface area contributed by atoms with Crippen molar-refractivity contribution in [3.8, 4) is 0 Å². The van der Waals surface area contributed by atoms with E-state index in [0.29, 0.717) is 11.8 Å². The van der Waals surface area contributed by atoms with Gasteiger partial charge in [-0.3, -0.25) is 4.98 Å². The first-order chi connectivity index (χ1) is 7.96. The first-order valence-electron chi connectivity index (χ1n) is 6.31. The third-order valence-corrected chi connectivity index (χ3v) is 3.47. The molecule has 2 nitrogen and oxygen atoms in total. The Hall–Kier alpha value is -0.960. The molecule has 1 aliphatic carbocycles. The van der Waals surface area contributed by atoms with Gasteiger partial charge < -0.3 is 5.32 Å². The first kappa shape index (κ1) is 12.5. The highest BCUT2D eigenvalue weighted by molar-refractivity contribution is 5.19. The summed E-state index contributed by atoms with van der Waals surface area (Å²) in [7, 11) is 0. The van der Waals surface area contributed by atoms with Gasteiger partial charge in [-0.2, -0.15) is 0 Å². The van der Waals surface area contributed by atoms with Gasteiger partial charge in [-0.05, 0) is 63.6 Å². The lowest BCUT2D eigenvalue weighted by Gasteiger charge is -2.38. The smallest absolute Gasteiger partial charge is 0.141 e. The summed E-state index contributed by atoms with van der Waals surface area (Å²) in [6.45, 7) is 7.52. The van der Waals surface area contributed by atoms with Crippen LogP contribution in [0.15, 0.2) is 18.5 Å². The van der Waals surface area contributed by atoms with Crippen LogP contribution in [0, 0.1) is 11.7 Å². The lowest BCUT2D eigenvalue weighted by atomic mass is 9.70. The normalized spacial score (nSPS) is 24.5. The molecule has 0 aromatic carbocycles. The van der Waals surface area contributed by atoms with E-state index in [1.807, 2.05) is 0 Å². The second-order valence-corrected chi connectivity index (χ2v) is 6.01. The van der Waals surface area contributed by atoms with E-state index in [0.717, 1.165) is 18.5 Å². The van der Waals surface area contributed by atoms with Gasteiger partial charge in [-0.25, -0.2) is 4.39 Å². The molecule has 17 heavy (non-hydrogen) atoms. The van der Waals surface area contributed by atoms with Crippen LogP contribution >= 0.6 is 0 Å². The number of halogens is 1. The van der Waals surface area contributed by atoms with E-state index in [2.05, 4.69) is 31.1 Å². The summed E-state index contributed by atoms with van der Waals surface area (Å²) in [6.07, 6.45) is 5.45. The molecule has 1 aromatic rings. The van der Waals surface area contributed by atoms with Crippen LogP contribution in [0.3, 0.4) is 0 Å². The Balaban J connectivity index is 1.95. The van der Waals surface area contributed by atoms with Crippen LogP contribution in [0.5, 0.6) is 0 Å². The molecule has 1 heterocycles. The van der Waals surface area contributed by atoms with Gasteiger partial charge in [0.1, 0.15) is 5.82 Å². The van der Waals surface area contributed by atoms with Crippen LogP contribution in [-0.4, -0.2) is 17.1 Å². The fourth-order valence-corrected chi connectivity index (χ4v) is 2.32. The number of nitrogens with zero attached hydrogens (tertiary/aromatic N) is 1. The van der Waals surface area contributed by atoms with Gasteiger partial charge >= 0.3 is 0 Å². The summed E-state index contributed by atoms with van der Waals surface area (Å²) in [5, 5.41) is 3.52. The Bertz CT molecular complexity index is 384. The Morgan fingerprint density at radius 3 is 2.65 bits per heavy atom. The third kappa shape index (κ3) is 3.25. The molecule has 0 radical (unpaired) electrons. The molecule has 0 aliphatic heterocycles. The summed E-state index contributed by atoms with van der Waals surface area (Å²) >= 11 is 0. The van der Waals surface area contributed by atoms with Crippen LogP contribution in [-0.2, 0) is 0 Å². The predicted octanol–water partition coefficient (Wildman–Crippen LogP) is 3.10. The van der Waals surface area contributed by atoms with Gasteiger partial charge in [-0.15, -0.1) is 0 Å². The molecule has 0 bridgehead atoms. The van der Waals surface area contributed by atoms with Gasteiger partial charge in [-0.1, -0.05) is 0 Å². The van der Waals surface area contributed by atoms with E-state index in [9.17, 15) is 4.39 Å². The fourth-order valence-electron chi connectivity index (χ4n) is 2.32. The van der Waals surface area contributed by atoms with E-state index >= 15 is 0 Å². The molecule has 0 spiro atoms. The molecule has 94 valence electrons. The highest BCUT2D eigenvalue weighted by Gasteiger charge is 2.32. The number of hydrogen-bond acceptors (Lipinski definition) is 2. The maximum atomic E-state index is 13.1. The zero-order chi connectivity index (χ0) is 12.5. The van der Waals surface area contributed by atoms with Crippen molar-refractivity contribution >= 4 is 0 Å². The highest BCUT2D eigenvalue weighted by atomic mass is 19.1. The number of pyridine rings is 1. The summed E-state index contributed by atoms with van der Waals surface area (Å²) in [4.78, 5) is 3.94. The summed E-state index contributed by atoms with van der Waals surface area (Å²) < 4.78 is 13.1. The van der Waals surface area contributed by atoms with Crippen LogP contribution in [0.2, 0.25) is 0 Å². The quantitative estimate of drug-likeness (QED) is 0.872. The molecule has 0 amide bonds. The zero-order valence-corrected chi connectivity index (χ0v) is 10.8. The topological polar surface area (TPSA) is 24.9 Å². The van der Waals surface area contributed by atoms with Crippen LogP contribution in [0.1, 0.15) is 45.1 Å². The predicted molar refractivity (Wildman–Crippen MR) is 67.4 cm³/mol. The molecule has 1 N–H and O–H groups in total. The highest BCUT2D eigenvalue weighted by Crippen LogP contribution is 2.42. The number of hydrogen-bond donors (Lipinski definition) is 1. The lowest BCUT2D eigenvalue weighted by molar-refractivity contribution is 0.225. The zero-order valence-electron chi connectivity index (χ0n) is 10.8. The molecule has 2 atom stereocenters. The van der Waals surface area contributed by atoms with E-state index in [1.54, 1.807) is 12.3 Å². The van der Waals surface area contributed by atoms with E-state index in [-0.39, 0.29) is 11.4 Å². The Kier molecular flexibility index (Phi) is 3.48. The minimum Gasteiger partial charge on any atom is -0.312 e. The third-order valence-electron chi connectivity index (χ3n) is 3.47. The van der Waals surface area contributed by atoms with Crippen molar-refractivity contribution < 1.29 is 4.39 Å². The number of aromatic nitrogens is 1. The monoisotopic (exact) mass is 236 g/mol. The van der Waals surface area contributed by atoms with Gasteiger partial charge in [0.25, 0.3) is 0 Å². The minimum atomic E-state index is -0.225. The molecule has 3 heteroatoms. The summed E-state index contributed by atoms with van der Waals surface area (Å²) in [6, 6.07) is 1.63. The maximum Gasteiger partial charge on any atom is 0.141 e. The Morgan fingerprint density at radius 2 is 2.12 bits per heavy atom. The fraction of sp³-hybridized carbons (Fsp3) is 0.643. The van der Waals surface area contributed by atoms with Crippen molar-refractivity contribution in [2.24, 2.45) is 5.92 Å². The van der Waals surface area contributed by atoms with Gasteiger partial charge in [0.2, 0.25) is 0 Å². The molecule has 1 aromatic heterocycles. The molecule has 1 saturated carbocycles. The van der Waals surface area contributed by atoms with E-state index in [1.165, 1.54) is 12.6 Å². The Morgan fingerprint density at radius 1 is 1.35 bits per heavy atom. The van der Waals surface area contributed by atoms with Crippen molar-refractivity contribution in [2.75, 3.05) is 6.54 Å². The van der Waals surface area contributed by atoms with Crippen LogP contribution in [0.25, 0.3) is 0 Å². The van der Waals surface area contributed by atoms with Crippen molar-refractivity contribution in [3.63, 3.8) is 0 Å². The SMILES string of the molecule is CC(C)(C)NCC1CCC1c1cncc(F)c1. The largest absolute Gasteiger partial charge is 0.312 e. The van der Waals surface area contributed by atoms with Crippen LogP contribution in [0.4, 0.5) is 4.39 Å². The average molecular weight is 236 g/mol. The lowest BCUT2D eigenvalue weighted by Crippen LogP contribution is -2.43. The van der Waals surface area contributed by atoms with Gasteiger partial charge in [0.05, 0.1) is 6.20 Å². The second kappa shape index (κ2) is 4.73. The molecular weight excluding hydrogens is 215 g/mol. The number of nitrogens with one attached hydrogen (secondary N) is 1. The molecule has 2 unspecified atom stereocenters.